The summed E-state index contributed by atoms with van der Waals surface area (Å²) in [7, 11) is -1.51. The summed E-state index contributed by atoms with van der Waals surface area (Å²) in [5.74, 6) is 0. The van der Waals surface area contributed by atoms with Crippen molar-refractivity contribution in [3.8, 4) is 0 Å². The van der Waals surface area contributed by atoms with E-state index in [2.05, 4.69) is 10.0 Å². The smallest absolute Gasteiger partial charge is 0.241 e. The lowest BCUT2D eigenvalue weighted by atomic mass is 9.84. The van der Waals surface area contributed by atoms with E-state index in [4.69, 9.17) is 0 Å². The van der Waals surface area contributed by atoms with Crippen LogP contribution in [-0.2, 0) is 16.4 Å². The van der Waals surface area contributed by atoms with Gasteiger partial charge in [0.1, 0.15) is 0 Å². The maximum atomic E-state index is 12.5. The third-order valence-electron chi connectivity index (χ3n) is 4.24. The first-order valence-electron chi connectivity index (χ1n) is 7.73. The van der Waals surface area contributed by atoms with Crippen LogP contribution in [0.4, 0.5) is 0 Å². The zero-order valence-electron chi connectivity index (χ0n) is 13.0. The molecule has 0 atom stereocenters. The molecule has 1 aromatic carbocycles. The van der Waals surface area contributed by atoms with Gasteiger partial charge in [0, 0.05) is 5.54 Å². The molecule has 1 saturated carbocycles. The van der Waals surface area contributed by atoms with Crippen LogP contribution >= 0.6 is 0 Å². The van der Waals surface area contributed by atoms with Gasteiger partial charge in [0.2, 0.25) is 10.0 Å². The van der Waals surface area contributed by atoms with Gasteiger partial charge in [0.05, 0.1) is 4.90 Å². The fourth-order valence-corrected chi connectivity index (χ4v) is 4.39. The van der Waals surface area contributed by atoms with Crippen LogP contribution in [0, 0.1) is 0 Å². The topological polar surface area (TPSA) is 58.2 Å². The fraction of sp³-hybridized carbons (Fsp3) is 0.625. The van der Waals surface area contributed by atoms with Crippen molar-refractivity contribution in [3.63, 3.8) is 0 Å². The molecule has 1 aromatic rings. The number of rotatable bonds is 6. The monoisotopic (exact) mass is 310 g/mol. The number of benzene rings is 1. The summed E-state index contributed by atoms with van der Waals surface area (Å²) in [5.41, 5.74) is 0.856. The molecule has 0 bridgehead atoms. The van der Waals surface area contributed by atoms with Crippen molar-refractivity contribution in [2.24, 2.45) is 0 Å². The Morgan fingerprint density at radius 2 is 1.71 bits per heavy atom. The number of sulfonamides is 1. The predicted molar refractivity (Wildman–Crippen MR) is 85.9 cm³/mol. The highest BCUT2D eigenvalue weighted by Gasteiger charge is 2.31. The maximum absolute atomic E-state index is 12.5. The third-order valence-corrected chi connectivity index (χ3v) is 5.89. The first-order chi connectivity index (χ1) is 9.95. The summed E-state index contributed by atoms with van der Waals surface area (Å²) in [6.07, 6.45) is 6.16. The van der Waals surface area contributed by atoms with Gasteiger partial charge in [0.15, 0.2) is 0 Å². The molecule has 1 aliphatic carbocycles. The summed E-state index contributed by atoms with van der Waals surface area (Å²) in [4.78, 5) is 0.363. The normalized spacial score (nSPS) is 18.6. The highest BCUT2D eigenvalue weighted by Crippen LogP contribution is 2.29. The van der Waals surface area contributed by atoms with Gasteiger partial charge in [-0.05, 0) is 57.5 Å². The van der Waals surface area contributed by atoms with E-state index in [1.807, 2.05) is 26.1 Å². The molecule has 0 aliphatic heterocycles. The Hall–Kier alpha value is -0.910. The van der Waals surface area contributed by atoms with Crippen molar-refractivity contribution in [2.45, 2.75) is 55.9 Å². The van der Waals surface area contributed by atoms with E-state index < -0.39 is 10.0 Å². The van der Waals surface area contributed by atoms with Crippen LogP contribution in [0.25, 0.3) is 0 Å². The highest BCUT2D eigenvalue weighted by molar-refractivity contribution is 7.89. The Bertz CT molecular complexity index is 546. The van der Waals surface area contributed by atoms with Crippen molar-refractivity contribution < 1.29 is 8.42 Å². The predicted octanol–water partition coefficient (Wildman–Crippen LogP) is 2.45. The Labute approximate surface area is 128 Å². The average Bonchev–Trinajstić information content (AvgIpc) is 2.45. The van der Waals surface area contributed by atoms with Gasteiger partial charge in [0.25, 0.3) is 0 Å². The molecule has 2 N–H and O–H groups in total. The summed E-state index contributed by atoms with van der Waals surface area (Å²) >= 11 is 0. The molecule has 0 radical (unpaired) electrons. The molecule has 1 fully saturated rings. The van der Waals surface area contributed by atoms with Gasteiger partial charge >= 0.3 is 0 Å². The average molecular weight is 310 g/mol. The molecule has 0 heterocycles. The summed E-state index contributed by atoms with van der Waals surface area (Å²) in [6.45, 7) is 2.91. The van der Waals surface area contributed by atoms with Crippen LogP contribution in [0.15, 0.2) is 29.2 Å². The van der Waals surface area contributed by atoms with E-state index >= 15 is 0 Å². The van der Waals surface area contributed by atoms with Crippen LogP contribution in [-0.4, -0.2) is 27.5 Å². The molecule has 0 amide bonds. The molecule has 0 saturated heterocycles. The largest absolute Gasteiger partial charge is 0.319 e. The summed E-state index contributed by atoms with van der Waals surface area (Å²) < 4.78 is 27.9. The van der Waals surface area contributed by atoms with Crippen LogP contribution in [0.3, 0.4) is 0 Å². The van der Waals surface area contributed by atoms with E-state index in [1.165, 1.54) is 6.42 Å². The third kappa shape index (κ3) is 4.53. The van der Waals surface area contributed by atoms with E-state index in [9.17, 15) is 8.42 Å². The van der Waals surface area contributed by atoms with Gasteiger partial charge in [-0.1, -0.05) is 31.4 Å². The van der Waals surface area contributed by atoms with E-state index in [1.54, 1.807) is 12.1 Å². The lowest BCUT2D eigenvalue weighted by molar-refractivity contribution is 0.294. The van der Waals surface area contributed by atoms with Crippen molar-refractivity contribution in [1.82, 2.24) is 10.0 Å². The van der Waals surface area contributed by atoms with Crippen LogP contribution in [0.2, 0.25) is 0 Å². The Morgan fingerprint density at radius 3 is 2.29 bits per heavy atom. The Morgan fingerprint density at radius 1 is 1.10 bits per heavy atom. The molecule has 118 valence electrons. The van der Waals surface area contributed by atoms with E-state index in [0.29, 0.717) is 4.90 Å². The van der Waals surface area contributed by atoms with Crippen molar-refractivity contribution >= 4 is 10.0 Å². The minimum Gasteiger partial charge on any atom is -0.319 e. The first-order valence-corrected chi connectivity index (χ1v) is 9.21. The van der Waals surface area contributed by atoms with Crippen molar-refractivity contribution in [3.05, 3.63) is 29.8 Å². The Balaban J connectivity index is 2.08. The van der Waals surface area contributed by atoms with E-state index in [-0.39, 0.29) is 5.54 Å². The number of hydrogen-bond donors (Lipinski definition) is 2. The maximum Gasteiger partial charge on any atom is 0.241 e. The molecule has 2 rings (SSSR count). The van der Waals surface area contributed by atoms with Gasteiger partial charge in [-0.15, -0.1) is 0 Å². The van der Waals surface area contributed by atoms with Gasteiger partial charge in [-0.2, -0.15) is 0 Å². The second-order valence-corrected chi connectivity index (χ2v) is 7.91. The minimum atomic E-state index is -3.42. The van der Waals surface area contributed by atoms with Gasteiger partial charge < -0.3 is 5.32 Å². The fourth-order valence-electron chi connectivity index (χ4n) is 2.92. The second kappa shape index (κ2) is 6.90. The molecule has 5 heteroatoms. The zero-order chi connectivity index (χ0) is 15.3. The molecular formula is C16H26N2O2S. The standard InChI is InChI=1S/C16H26N2O2S/c1-16(11-4-3-5-12-16)18-21(19,20)15-8-6-14(7-9-15)10-13-17-2/h6-9,17-18H,3-5,10-13H2,1-2H3. The van der Waals surface area contributed by atoms with Crippen LogP contribution < -0.4 is 10.0 Å². The lowest BCUT2D eigenvalue weighted by Crippen LogP contribution is -2.47. The molecule has 21 heavy (non-hydrogen) atoms. The zero-order valence-corrected chi connectivity index (χ0v) is 13.8. The highest BCUT2D eigenvalue weighted by atomic mass is 32.2. The molecule has 4 nitrogen and oxygen atoms in total. The van der Waals surface area contributed by atoms with E-state index in [0.717, 1.165) is 44.2 Å². The van der Waals surface area contributed by atoms with Gasteiger partial charge in [-0.25, -0.2) is 13.1 Å². The number of hydrogen-bond acceptors (Lipinski definition) is 3. The van der Waals surface area contributed by atoms with Crippen LogP contribution in [0.5, 0.6) is 0 Å². The molecular weight excluding hydrogens is 284 g/mol. The number of nitrogens with one attached hydrogen (secondary N) is 2. The van der Waals surface area contributed by atoms with Crippen molar-refractivity contribution in [1.29, 1.82) is 0 Å². The van der Waals surface area contributed by atoms with Crippen LogP contribution in [0.1, 0.15) is 44.6 Å². The van der Waals surface area contributed by atoms with Gasteiger partial charge in [-0.3, -0.25) is 0 Å². The quantitative estimate of drug-likeness (QED) is 0.848. The Kier molecular flexibility index (Phi) is 5.41. The molecule has 0 aromatic heterocycles. The molecule has 0 unspecified atom stereocenters. The first kappa shape index (κ1) is 16.5. The molecule has 0 spiro atoms. The summed E-state index contributed by atoms with van der Waals surface area (Å²) in [5, 5.41) is 3.09. The second-order valence-electron chi connectivity index (χ2n) is 6.22. The van der Waals surface area contributed by atoms with Crippen molar-refractivity contribution in [2.75, 3.05) is 13.6 Å². The SMILES string of the molecule is CNCCc1ccc(S(=O)(=O)NC2(C)CCCCC2)cc1. The lowest BCUT2D eigenvalue weighted by Gasteiger charge is -2.34. The molecule has 1 aliphatic rings. The minimum absolute atomic E-state index is 0.290. The number of likely N-dealkylation sites (N-methyl/N-ethyl adjacent to an activating group) is 1. The summed E-state index contributed by atoms with van der Waals surface area (Å²) in [6, 6.07) is 7.21.